The maximum atomic E-state index is 12.8. The Morgan fingerprint density at radius 1 is 0.900 bits per heavy atom. The Morgan fingerprint density at radius 2 is 1.47 bits per heavy atom. The fourth-order valence-corrected chi connectivity index (χ4v) is 3.86. The number of nitrogens with zero attached hydrogens (tertiary/aromatic N) is 2. The van der Waals surface area contributed by atoms with Crippen LogP contribution in [0.1, 0.15) is 63.5 Å². The molecule has 1 amide bonds. The van der Waals surface area contributed by atoms with Crippen LogP contribution in [0.5, 0.6) is 0 Å². The summed E-state index contributed by atoms with van der Waals surface area (Å²) in [6.45, 7) is 5.98. The summed E-state index contributed by atoms with van der Waals surface area (Å²) >= 11 is 0. The van der Waals surface area contributed by atoms with Gasteiger partial charge in [0, 0.05) is 31.6 Å². The molecule has 1 fully saturated rings. The van der Waals surface area contributed by atoms with E-state index in [9.17, 15) is 4.79 Å². The van der Waals surface area contributed by atoms with Gasteiger partial charge in [0.05, 0.1) is 5.69 Å². The number of benzene rings is 2. The van der Waals surface area contributed by atoms with Crippen molar-refractivity contribution in [1.29, 1.82) is 0 Å². The van der Waals surface area contributed by atoms with Crippen molar-refractivity contribution >= 4 is 5.91 Å². The number of imidazole rings is 1. The lowest BCUT2D eigenvalue weighted by molar-refractivity contribution is 0.0739. The van der Waals surface area contributed by atoms with Crippen molar-refractivity contribution in [2.24, 2.45) is 0 Å². The van der Waals surface area contributed by atoms with Crippen LogP contribution in [0.25, 0.3) is 0 Å². The molecule has 156 valence electrons. The summed E-state index contributed by atoms with van der Waals surface area (Å²) in [7, 11) is 0. The third-order valence-electron chi connectivity index (χ3n) is 5.69. The molecule has 1 aliphatic heterocycles. The summed E-state index contributed by atoms with van der Waals surface area (Å²) in [5.74, 6) is 0.238. The molecule has 1 aliphatic rings. The van der Waals surface area contributed by atoms with Gasteiger partial charge in [0.15, 0.2) is 5.82 Å². The highest BCUT2D eigenvalue weighted by Crippen LogP contribution is 2.18. The van der Waals surface area contributed by atoms with Crippen molar-refractivity contribution in [3.63, 3.8) is 0 Å². The highest BCUT2D eigenvalue weighted by atomic mass is 16.2. The average molecular weight is 403 g/mol. The van der Waals surface area contributed by atoms with E-state index in [1.54, 1.807) is 0 Å². The average Bonchev–Trinajstić information content (AvgIpc) is 3.14. The second-order valence-electron chi connectivity index (χ2n) is 8.32. The Balaban J connectivity index is 1.57. The molecule has 0 bridgehead atoms. The van der Waals surface area contributed by atoms with Crippen molar-refractivity contribution in [3.8, 4) is 0 Å². The summed E-state index contributed by atoms with van der Waals surface area (Å²) in [6.07, 6.45) is 4.90. The van der Waals surface area contributed by atoms with E-state index in [1.807, 2.05) is 5.01 Å². The molecule has 3 aromatic rings. The van der Waals surface area contributed by atoms with Gasteiger partial charge in [-0.3, -0.25) is 10.2 Å². The highest BCUT2D eigenvalue weighted by molar-refractivity contribution is 5.90. The largest absolute Gasteiger partial charge is 0.337 e. The topological polar surface area (TPSA) is 61.0 Å². The number of nitrogens with one attached hydrogen (secondary N) is 2. The van der Waals surface area contributed by atoms with Gasteiger partial charge in [0.25, 0.3) is 0 Å². The summed E-state index contributed by atoms with van der Waals surface area (Å²) in [4.78, 5) is 20.9. The standard InChI is InChI=1S/C25H30N4O/c1-18-6-10-20(11-7-18)16-22-23(17-21-12-8-19(2)9-13-21)27-24(26-22)25(30)28-29-14-4-3-5-15-29/h6-13H,3-5,14-17H2,1-2H3,(H,26,27)(H,28,30). The Labute approximate surface area is 178 Å². The normalized spacial score (nSPS) is 14.6. The van der Waals surface area contributed by atoms with Gasteiger partial charge in [0.1, 0.15) is 0 Å². The molecule has 0 aliphatic carbocycles. The number of rotatable bonds is 6. The Morgan fingerprint density at radius 3 is 2.07 bits per heavy atom. The minimum Gasteiger partial charge on any atom is -0.337 e. The summed E-state index contributed by atoms with van der Waals surface area (Å²) in [5, 5.41) is 2.01. The number of H-pyrrole nitrogens is 1. The molecule has 0 atom stereocenters. The quantitative estimate of drug-likeness (QED) is 0.645. The van der Waals surface area contributed by atoms with E-state index in [4.69, 9.17) is 4.98 Å². The molecular formula is C25H30N4O. The van der Waals surface area contributed by atoms with E-state index in [0.29, 0.717) is 12.2 Å². The van der Waals surface area contributed by atoms with Crippen LogP contribution in [0.15, 0.2) is 48.5 Å². The van der Waals surface area contributed by atoms with Gasteiger partial charge in [0.2, 0.25) is 0 Å². The number of carbonyl (C=O) groups is 1. The predicted octanol–water partition coefficient (Wildman–Crippen LogP) is 4.34. The number of piperidine rings is 1. The molecule has 2 aromatic carbocycles. The smallest absolute Gasteiger partial charge is 0.301 e. The number of aromatic nitrogens is 2. The minimum atomic E-state index is -0.155. The van der Waals surface area contributed by atoms with Crippen molar-refractivity contribution in [2.75, 3.05) is 13.1 Å². The van der Waals surface area contributed by atoms with Crippen LogP contribution in [-0.2, 0) is 12.8 Å². The molecule has 0 unspecified atom stereocenters. The number of aromatic amines is 1. The zero-order valence-electron chi connectivity index (χ0n) is 17.9. The predicted molar refractivity (Wildman–Crippen MR) is 119 cm³/mol. The van der Waals surface area contributed by atoms with Gasteiger partial charge in [-0.15, -0.1) is 0 Å². The monoisotopic (exact) mass is 402 g/mol. The lowest BCUT2D eigenvalue weighted by atomic mass is 10.0. The summed E-state index contributed by atoms with van der Waals surface area (Å²) < 4.78 is 0. The SMILES string of the molecule is Cc1ccc(Cc2nc(C(=O)NN3CCCCC3)[nH]c2Cc2ccc(C)cc2)cc1. The van der Waals surface area contributed by atoms with Crippen molar-refractivity contribution in [2.45, 2.75) is 46.0 Å². The van der Waals surface area contributed by atoms with E-state index in [2.05, 4.69) is 72.8 Å². The van der Waals surface area contributed by atoms with Crippen LogP contribution < -0.4 is 5.43 Å². The maximum Gasteiger partial charge on any atom is 0.301 e. The molecule has 0 spiro atoms. The molecular weight excluding hydrogens is 372 g/mol. The van der Waals surface area contributed by atoms with E-state index in [0.717, 1.165) is 43.7 Å². The lowest BCUT2D eigenvalue weighted by Gasteiger charge is -2.26. The molecule has 30 heavy (non-hydrogen) atoms. The van der Waals surface area contributed by atoms with Crippen LogP contribution in [0.2, 0.25) is 0 Å². The Bertz CT molecular complexity index is 918. The summed E-state index contributed by atoms with van der Waals surface area (Å²) in [5.41, 5.74) is 9.83. The van der Waals surface area contributed by atoms with E-state index >= 15 is 0 Å². The number of hydrogen-bond donors (Lipinski definition) is 2. The molecule has 1 saturated heterocycles. The van der Waals surface area contributed by atoms with E-state index < -0.39 is 0 Å². The van der Waals surface area contributed by atoms with Crippen molar-refractivity contribution in [1.82, 2.24) is 20.4 Å². The van der Waals surface area contributed by atoms with Crippen LogP contribution in [0, 0.1) is 13.8 Å². The van der Waals surface area contributed by atoms with Crippen molar-refractivity contribution in [3.05, 3.63) is 88.0 Å². The zero-order valence-corrected chi connectivity index (χ0v) is 17.9. The van der Waals surface area contributed by atoms with Gasteiger partial charge in [-0.05, 0) is 37.8 Å². The van der Waals surface area contributed by atoms with Crippen LogP contribution in [0.3, 0.4) is 0 Å². The first-order valence-electron chi connectivity index (χ1n) is 10.8. The highest BCUT2D eigenvalue weighted by Gasteiger charge is 2.19. The zero-order chi connectivity index (χ0) is 20.9. The van der Waals surface area contributed by atoms with Crippen LogP contribution in [0.4, 0.5) is 0 Å². The van der Waals surface area contributed by atoms with Crippen LogP contribution in [-0.4, -0.2) is 34.0 Å². The number of carbonyl (C=O) groups excluding carboxylic acids is 1. The van der Waals surface area contributed by atoms with Gasteiger partial charge >= 0.3 is 5.91 Å². The maximum absolute atomic E-state index is 12.8. The molecule has 5 heteroatoms. The number of hydrazine groups is 1. The first-order chi connectivity index (χ1) is 14.6. The van der Waals surface area contributed by atoms with E-state index in [-0.39, 0.29) is 5.91 Å². The van der Waals surface area contributed by atoms with Crippen LogP contribution >= 0.6 is 0 Å². The summed E-state index contributed by atoms with van der Waals surface area (Å²) in [6, 6.07) is 17.0. The Kier molecular flexibility index (Phi) is 6.29. The molecule has 2 N–H and O–H groups in total. The van der Waals surface area contributed by atoms with Gasteiger partial charge < -0.3 is 4.98 Å². The Hall–Kier alpha value is -2.92. The number of aryl methyl sites for hydroxylation is 2. The van der Waals surface area contributed by atoms with Gasteiger partial charge in [-0.2, -0.15) is 0 Å². The van der Waals surface area contributed by atoms with E-state index in [1.165, 1.54) is 28.7 Å². The molecule has 0 saturated carbocycles. The first kappa shape index (κ1) is 20.4. The fourth-order valence-electron chi connectivity index (χ4n) is 3.86. The minimum absolute atomic E-state index is 0.155. The third kappa shape index (κ3) is 5.16. The van der Waals surface area contributed by atoms with Gasteiger partial charge in [-0.1, -0.05) is 66.1 Å². The number of amides is 1. The second-order valence-corrected chi connectivity index (χ2v) is 8.32. The fraction of sp³-hybridized carbons (Fsp3) is 0.360. The molecule has 2 heterocycles. The molecule has 4 rings (SSSR count). The third-order valence-corrected chi connectivity index (χ3v) is 5.69. The van der Waals surface area contributed by atoms with Gasteiger partial charge in [-0.25, -0.2) is 9.99 Å². The lowest BCUT2D eigenvalue weighted by Crippen LogP contribution is -2.45. The second kappa shape index (κ2) is 9.26. The first-order valence-corrected chi connectivity index (χ1v) is 10.8. The molecule has 5 nitrogen and oxygen atoms in total. The number of hydrogen-bond acceptors (Lipinski definition) is 3. The van der Waals surface area contributed by atoms with Crippen molar-refractivity contribution < 1.29 is 4.79 Å². The molecule has 0 radical (unpaired) electrons. The molecule has 1 aromatic heterocycles.